The number of carbonyl (C=O) groups excluding carboxylic acids is 3. The van der Waals surface area contributed by atoms with Crippen LogP contribution in [0.3, 0.4) is 0 Å². The topological polar surface area (TPSA) is 126 Å². The van der Waals surface area contributed by atoms with E-state index in [-0.39, 0.29) is 25.5 Å². The van der Waals surface area contributed by atoms with Crippen molar-refractivity contribution in [3.8, 4) is 0 Å². The van der Waals surface area contributed by atoms with Gasteiger partial charge < -0.3 is 24.2 Å². The molecule has 11 heteroatoms. The molecule has 168 valence electrons. The monoisotopic (exact) mass is 435 g/mol. The zero-order chi connectivity index (χ0) is 22.6. The third kappa shape index (κ3) is 4.32. The van der Waals surface area contributed by atoms with Crippen LogP contribution in [-0.4, -0.2) is 86.7 Å². The summed E-state index contributed by atoms with van der Waals surface area (Å²) in [4.78, 5) is 53.0. The summed E-state index contributed by atoms with van der Waals surface area (Å²) in [5.41, 5.74) is -0.774. The molecule has 0 spiro atoms. The van der Waals surface area contributed by atoms with Crippen molar-refractivity contribution in [2.45, 2.75) is 18.6 Å². The Hall–Kier alpha value is -3.18. The first kappa shape index (κ1) is 22.5. The number of carbonyl (C=O) groups is 4. The molecule has 3 rings (SSSR count). The van der Waals surface area contributed by atoms with Crippen molar-refractivity contribution in [2.24, 2.45) is 0 Å². The highest BCUT2D eigenvalue weighted by molar-refractivity contribution is 6.04. The van der Waals surface area contributed by atoms with Crippen molar-refractivity contribution in [1.29, 1.82) is 0 Å². The van der Waals surface area contributed by atoms with E-state index in [1.165, 1.54) is 14.2 Å². The molecule has 0 saturated carbocycles. The molecule has 1 N–H and O–H groups in total. The van der Waals surface area contributed by atoms with Crippen molar-refractivity contribution >= 4 is 35.3 Å². The fraction of sp³-hybridized carbons (Fsp3) is 0.500. The number of morpholine rings is 1. The van der Waals surface area contributed by atoms with Gasteiger partial charge in [-0.25, -0.2) is 4.79 Å². The van der Waals surface area contributed by atoms with E-state index in [0.717, 1.165) is 9.80 Å². The van der Waals surface area contributed by atoms with E-state index in [9.17, 15) is 24.3 Å². The molecule has 2 fully saturated rings. The molecular formula is C20H25N3O8. The first-order chi connectivity index (χ1) is 14.8. The fourth-order valence-corrected chi connectivity index (χ4v) is 3.85. The standard InChI is InChI=1S/C20H25N3O8/c1-29-17(25)12-22(18(26)20(30-2)8-3-9-23(20)19(27)28)15-6-4-14(5-7-15)21-10-11-31-13-16(21)24/h4-7H,3,8-13H2,1-2H3,(H,27,28). The lowest BCUT2D eigenvalue weighted by Crippen LogP contribution is -2.60. The third-order valence-electron chi connectivity index (χ3n) is 5.46. The van der Waals surface area contributed by atoms with Gasteiger partial charge in [-0.1, -0.05) is 0 Å². The largest absolute Gasteiger partial charge is 0.468 e. The van der Waals surface area contributed by atoms with Gasteiger partial charge in [0, 0.05) is 38.0 Å². The Bertz CT molecular complexity index is 858. The highest BCUT2D eigenvalue weighted by atomic mass is 16.5. The quantitative estimate of drug-likeness (QED) is 0.647. The predicted octanol–water partition coefficient (Wildman–Crippen LogP) is 0.672. The summed E-state index contributed by atoms with van der Waals surface area (Å²) in [6, 6.07) is 6.48. The van der Waals surface area contributed by atoms with Gasteiger partial charge in [0.1, 0.15) is 13.2 Å². The zero-order valence-electron chi connectivity index (χ0n) is 17.4. The molecule has 0 radical (unpaired) electrons. The number of anilines is 2. The first-order valence-electron chi connectivity index (χ1n) is 9.76. The number of amides is 3. The second-order valence-corrected chi connectivity index (χ2v) is 7.11. The highest BCUT2D eigenvalue weighted by Crippen LogP contribution is 2.34. The van der Waals surface area contributed by atoms with Crippen molar-refractivity contribution in [3.63, 3.8) is 0 Å². The smallest absolute Gasteiger partial charge is 0.410 e. The number of hydrogen-bond acceptors (Lipinski definition) is 7. The lowest BCUT2D eigenvalue weighted by atomic mass is 10.1. The van der Waals surface area contributed by atoms with Gasteiger partial charge in [0.25, 0.3) is 11.8 Å². The van der Waals surface area contributed by atoms with Gasteiger partial charge in [0.05, 0.1) is 13.7 Å². The lowest BCUT2D eigenvalue weighted by Gasteiger charge is -2.37. The maximum atomic E-state index is 13.5. The van der Waals surface area contributed by atoms with Crippen LogP contribution >= 0.6 is 0 Å². The van der Waals surface area contributed by atoms with Crippen LogP contribution < -0.4 is 9.80 Å². The van der Waals surface area contributed by atoms with Crippen molar-refractivity contribution < 1.29 is 38.5 Å². The molecule has 2 saturated heterocycles. The number of ether oxygens (including phenoxy) is 3. The molecule has 2 aliphatic heterocycles. The van der Waals surface area contributed by atoms with Gasteiger partial charge in [0.15, 0.2) is 0 Å². The number of benzene rings is 1. The molecule has 1 atom stereocenters. The molecule has 0 aromatic heterocycles. The van der Waals surface area contributed by atoms with Crippen LogP contribution in [0.1, 0.15) is 12.8 Å². The summed E-state index contributed by atoms with van der Waals surface area (Å²) < 4.78 is 15.3. The molecule has 1 unspecified atom stereocenters. The normalized spacial score (nSPS) is 21.2. The maximum Gasteiger partial charge on any atom is 0.410 e. The van der Waals surface area contributed by atoms with E-state index in [1.807, 2.05) is 0 Å². The fourth-order valence-electron chi connectivity index (χ4n) is 3.85. The average molecular weight is 435 g/mol. The van der Waals surface area contributed by atoms with Crippen LogP contribution in [0.4, 0.5) is 16.2 Å². The van der Waals surface area contributed by atoms with E-state index in [4.69, 9.17) is 14.2 Å². The second-order valence-electron chi connectivity index (χ2n) is 7.11. The number of rotatable bonds is 6. The Kier molecular flexibility index (Phi) is 6.76. The number of esters is 1. The third-order valence-corrected chi connectivity index (χ3v) is 5.46. The van der Waals surface area contributed by atoms with Crippen molar-refractivity contribution in [1.82, 2.24) is 4.90 Å². The minimum absolute atomic E-state index is 0.00388. The summed E-state index contributed by atoms with van der Waals surface area (Å²) in [7, 11) is 2.46. The van der Waals surface area contributed by atoms with Crippen LogP contribution in [-0.2, 0) is 28.6 Å². The molecule has 0 bridgehead atoms. The Morgan fingerprint density at radius 1 is 1.19 bits per heavy atom. The van der Waals surface area contributed by atoms with E-state index in [1.54, 1.807) is 29.2 Å². The van der Waals surface area contributed by atoms with E-state index in [2.05, 4.69) is 0 Å². The number of methoxy groups -OCH3 is 2. The van der Waals surface area contributed by atoms with Crippen LogP contribution in [0.25, 0.3) is 0 Å². The number of hydrogen-bond donors (Lipinski definition) is 1. The Labute approximate surface area is 179 Å². The van der Waals surface area contributed by atoms with Crippen LogP contribution in [0.2, 0.25) is 0 Å². The number of carboxylic acid groups (broad SMARTS) is 1. The second kappa shape index (κ2) is 9.31. The van der Waals surface area contributed by atoms with E-state index >= 15 is 0 Å². The molecule has 2 aliphatic rings. The van der Waals surface area contributed by atoms with Gasteiger partial charge >= 0.3 is 12.1 Å². The SMILES string of the molecule is COC(=O)CN(C(=O)C1(OC)CCCN1C(=O)O)c1ccc(N2CCOCC2=O)cc1. The van der Waals surface area contributed by atoms with E-state index in [0.29, 0.717) is 30.9 Å². The Balaban J connectivity index is 1.93. The Morgan fingerprint density at radius 3 is 2.48 bits per heavy atom. The molecular weight excluding hydrogens is 410 g/mol. The van der Waals surface area contributed by atoms with Gasteiger partial charge in [-0.15, -0.1) is 0 Å². The van der Waals surface area contributed by atoms with Gasteiger partial charge in [-0.3, -0.25) is 24.2 Å². The van der Waals surface area contributed by atoms with Crippen LogP contribution in [0.15, 0.2) is 24.3 Å². The molecule has 31 heavy (non-hydrogen) atoms. The molecule has 3 amide bonds. The van der Waals surface area contributed by atoms with Gasteiger partial charge in [-0.2, -0.15) is 0 Å². The summed E-state index contributed by atoms with van der Waals surface area (Å²) in [5.74, 6) is -1.54. The molecule has 1 aromatic rings. The maximum absolute atomic E-state index is 13.5. The number of nitrogens with zero attached hydrogens (tertiary/aromatic N) is 3. The van der Waals surface area contributed by atoms with Gasteiger partial charge in [0.2, 0.25) is 5.72 Å². The average Bonchev–Trinajstić information content (AvgIpc) is 3.23. The molecule has 0 aliphatic carbocycles. The van der Waals surface area contributed by atoms with E-state index < -0.39 is 30.2 Å². The van der Waals surface area contributed by atoms with Crippen molar-refractivity contribution in [3.05, 3.63) is 24.3 Å². The molecule has 11 nitrogen and oxygen atoms in total. The van der Waals surface area contributed by atoms with Crippen LogP contribution in [0, 0.1) is 0 Å². The first-order valence-corrected chi connectivity index (χ1v) is 9.76. The van der Waals surface area contributed by atoms with Crippen molar-refractivity contribution in [2.75, 3.05) is 56.9 Å². The summed E-state index contributed by atoms with van der Waals surface area (Å²) in [6.07, 6.45) is -0.685. The summed E-state index contributed by atoms with van der Waals surface area (Å²) in [6.45, 7) is 0.532. The summed E-state index contributed by atoms with van der Waals surface area (Å²) >= 11 is 0. The molecule has 1 aromatic carbocycles. The zero-order valence-corrected chi connectivity index (χ0v) is 17.4. The lowest BCUT2D eigenvalue weighted by molar-refractivity contribution is -0.158. The predicted molar refractivity (Wildman–Crippen MR) is 108 cm³/mol. The minimum Gasteiger partial charge on any atom is -0.468 e. The Morgan fingerprint density at radius 2 is 1.90 bits per heavy atom. The van der Waals surface area contributed by atoms with Gasteiger partial charge in [-0.05, 0) is 30.7 Å². The number of likely N-dealkylation sites (tertiary alicyclic amines) is 1. The minimum atomic E-state index is -1.74. The van der Waals surface area contributed by atoms with Crippen LogP contribution in [0.5, 0.6) is 0 Å². The molecule has 2 heterocycles. The summed E-state index contributed by atoms with van der Waals surface area (Å²) in [5, 5.41) is 9.55. The highest BCUT2D eigenvalue weighted by Gasteiger charge is 2.53.